The fourth-order valence-electron chi connectivity index (χ4n) is 2.22. The Balaban J connectivity index is 1.89. The molecule has 2 aromatic carbocycles. The topological polar surface area (TPSA) is 118 Å². The lowest BCUT2D eigenvalue weighted by Crippen LogP contribution is -2.34. The molecule has 2 amide bonds. The molecule has 0 aliphatic rings. The van der Waals surface area contributed by atoms with Gasteiger partial charge in [0.2, 0.25) is 0 Å². The third-order valence-corrected chi connectivity index (χ3v) is 3.68. The van der Waals surface area contributed by atoms with E-state index in [1.807, 2.05) is 0 Å². The third-order valence-electron chi connectivity index (χ3n) is 3.68. The highest BCUT2D eigenvalue weighted by Gasteiger charge is 2.11. The molecule has 0 heterocycles. The second-order valence-corrected chi connectivity index (χ2v) is 5.47. The van der Waals surface area contributed by atoms with Crippen molar-refractivity contribution in [3.05, 3.63) is 47.5 Å². The van der Waals surface area contributed by atoms with Crippen molar-refractivity contribution in [3.63, 3.8) is 0 Å². The normalized spacial score (nSPS) is 10.4. The number of nitrogens with zero attached hydrogens (tertiary/aromatic N) is 1. The molecular formula is C19H21N3O6. The number of ether oxygens (including phenoxy) is 3. The summed E-state index contributed by atoms with van der Waals surface area (Å²) in [6.45, 7) is -0.283. The number of rotatable bonds is 8. The van der Waals surface area contributed by atoms with Gasteiger partial charge in [0.25, 0.3) is 11.8 Å². The number of nitrogens with one attached hydrogen (secondary N) is 2. The number of phenolic OH excluding ortho intramolecular Hbond substituents is 1. The van der Waals surface area contributed by atoms with E-state index in [1.165, 1.54) is 39.7 Å². The van der Waals surface area contributed by atoms with Gasteiger partial charge in [0.1, 0.15) is 11.5 Å². The Kier molecular flexibility index (Phi) is 7.21. The van der Waals surface area contributed by atoms with Crippen LogP contribution in [0.25, 0.3) is 0 Å². The zero-order chi connectivity index (χ0) is 20.5. The zero-order valence-electron chi connectivity index (χ0n) is 15.7. The van der Waals surface area contributed by atoms with Gasteiger partial charge in [-0.15, -0.1) is 0 Å². The lowest BCUT2D eigenvalue weighted by Gasteiger charge is -2.09. The summed E-state index contributed by atoms with van der Waals surface area (Å²) in [5.41, 5.74) is 2.95. The van der Waals surface area contributed by atoms with E-state index in [9.17, 15) is 14.7 Å². The van der Waals surface area contributed by atoms with Crippen LogP contribution in [-0.2, 0) is 4.79 Å². The molecule has 148 valence electrons. The van der Waals surface area contributed by atoms with Crippen LogP contribution in [0.2, 0.25) is 0 Å². The van der Waals surface area contributed by atoms with E-state index in [0.29, 0.717) is 28.4 Å². The van der Waals surface area contributed by atoms with Crippen LogP contribution in [0.3, 0.4) is 0 Å². The zero-order valence-corrected chi connectivity index (χ0v) is 15.7. The van der Waals surface area contributed by atoms with Crippen molar-refractivity contribution in [2.24, 2.45) is 5.10 Å². The minimum atomic E-state index is -0.535. The van der Waals surface area contributed by atoms with Crippen molar-refractivity contribution in [1.29, 1.82) is 0 Å². The van der Waals surface area contributed by atoms with E-state index in [2.05, 4.69) is 15.8 Å². The molecule has 3 N–H and O–H groups in total. The van der Waals surface area contributed by atoms with Gasteiger partial charge in [-0.3, -0.25) is 9.59 Å². The van der Waals surface area contributed by atoms with E-state index in [0.717, 1.165) is 0 Å². The van der Waals surface area contributed by atoms with Gasteiger partial charge in [0.05, 0.1) is 34.1 Å². The van der Waals surface area contributed by atoms with Gasteiger partial charge in [0.15, 0.2) is 11.5 Å². The van der Waals surface area contributed by atoms with Crippen molar-refractivity contribution < 1.29 is 28.9 Å². The van der Waals surface area contributed by atoms with Gasteiger partial charge in [-0.25, -0.2) is 5.43 Å². The molecule has 0 atom stereocenters. The van der Waals surface area contributed by atoms with Crippen molar-refractivity contribution >= 4 is 18.0 Å². The third kappa shape index (κ3) is 5.37. The maximum atomic E-state index is 12.2. The molecule has 9 heteroatoms. The number of hydrogen-bond acceptors (Lipinski definition) is 7. The molecular weight excluding hydrogens is 366 g/mol. The van der Waals surface area contributed by atoms with Crippen LogP contribution in [0.1, 0.15) is 15.9 Å². The van der Waals surface area contributed by atoms with Crippen molar-refractivity contribution in [2.75, 3.05) is 27.9 Å². The number of amides is 2. The standard InChI is InChI=1S/C19H21N3O6/c1-26-14-5-6-15(23)13(8-14)10-21-22-18(24)11-20-19(25)12-4-7-16(27-2)17(9-12)28-3/h4-10,23H,11H2,1-3H3,(H,20,25)(H,22,24). The minimum absolute atomic E-state index is 0.0134. The number of methoxy groups -OCH3 is 3. The second kappa shape index (κ2) is 9.81. The molecule has 0 radical (unpaired) electrons. The highest BCUT2D eigenvalue weighted by molar-refractivity contribution is 5.97. The predicted octanol–water partition coefficient (Wildman–Crippen LogP) is 1.30. The number of benzene rings is 2. The first kappa shape index (κ1) is 20.6. The molecule has 0 saturated carbocycles. The summed E-state index contributed by atoms with van der Waals surface area (Å²) in [5.74, 6) is 0.431. The van der Waals surface area contributed by atoms with Gasteiger partial charge >= 0.3 is 0 Å². The molecule has 2 aromatic rings. The Morgan fingerprint density at radius 1 is 1.04 bits per heavy atom. The van der Waals surface area contributed by atoms with Gasteiger partial charge in [-0.05, 0) is 36.4 Å². The van der Waals surface area contributed by atoms with Crippen LogP contribution in [0.4, 0.5) is 0 Å². The lowest BCUT2D eigenvalue weighted by atomic mass is 10.2. The van der Waals surface area contributed by atoms with E-state index >= 15 is 0 Å². The van der Waals surface area contributed by atoms with Crippen LogP contribution in [0.15, 0.2) is 41.5 Å². The van der Waals surface area contributed by atoms with Crippen LogP contribution in [-0.4, -0.2) is 51.0 Å². The van der Waals surface area contributed by atoms with Crippen LogP contribution in [0, 0.1) is 0 Å². The summed E-state index contributed by atoms with van der Waals surface area (Å²) < 4.78 is 15.3. The number of carbonyl (C=O) groups is 2. The lowest BCUT2D eigenvalue weighted by molar-refractivity contribution is -0.120. The van der Waals surface area contributed by atoms with Gasteiger partial charge in [-0.1, -0.05) is 0 Å². The SMILES string of the molecule is COc1ccc(O)c(C=NNC(=O)CNC(=O)c2ccc(OC)c(OC)c2)c1. The van der Waals surface area contributed by atoms with Gasteiger partial charge in [0, 0.05) is 11.1 Å². The molecule has 9 nitrogen and oxygen atoms in total. The number of phenols is 1. The Labute approximate surface area is 161 Å². The summed E-state index contributed by atoms with van der Waals surface area (Å²) in [5, 5.41) is 16.0. The molecule has 0 saturated heterocycles. The summed E-state index contributed by atoms with van der Waals surface area (Å²) in [4.78, 5) is 24.0. The van der Waals surface area contributed by atoms with Gasteiger partial charge < -0.3 is 24.6 Å². The van der Waals surface area contributed by atoms with E-state index in [-0.39, 0.29) is 12.3 Å². The van der Waals surface area contributed by atoms with Crippen LogP contribution in [0.5, 0.6) is 23.0 Å². The number of carbonyl (C=O) groups excluding carboxylic acids is 2. The molecule has 2 rings (SSSR count). The summed E-state index contributed by atoms with van der Waals surface area (Å²) >= 11 is 0. The van der Waals surface area contributed by atoms with Crippen molar-refractivity contribution in [2.45, 2.75) is 0 Å². The molecule has 0 aromatic heterocycles. The van der Waals surface area contributed by atoms with Crippen LogP contribution >= 0.6 is 0 Å². The minimum Gasteiger partial charge on any atom is -0.507 e. The largest absolute Gasteiger partial charge is 0.507 e. The predicted molar refractivity (Wildman–Crippen MR) is 102 cm³/mol. The van der Waals surface area contributed by atoms with E-state index < -0.39 is 11.8 Å². The fraction of sp³-hybridized carbons (Fsp3) is 0.211. The summed E-state index contributed by atoms with van der Waals surface area (Å²) in [6, 6.07) is 9.26. The number of aromatic hydroxyl groups is 1. The summed E-state index contributed by atoms with van der Waals surface area (Å²) in [7, 11) is 4.45. The molecule has 0 spiro atoms. The fourth-order valence-corrected chi connectivity index (χ4v) is 2.22. The molecule has 28 heavy (non-hydrogen) atoms. The Hall–Kier alpha value is -3.75. The number of hydrogen-bond donors (Lipinski definition) is 3. The average molecular weight is 387 g/mol. The quantitative estimate of drug-likeness (QED) is 0.464. The van der Waals surface area contributed by atoms with Crippen LogP contribution < -0.4 is 25.0 Å². The first-order chi connectivity index (χ1) is 13.5. The highest BCUT2D eigenvalue weighted by atomic mass is 16.5. The maximum absolute atomic E-state index is 12.2. The molecule has 0 aliphatic heterocycles. The monoisotopic (exact) mass is 387 g/mol. The first-order valence-corrected chi connectivity index (χ1v) is 8.17. The average Bonchev–Trinajstić information content (AvgIpc) is 2.72. The summed E-state index contributed by atoms with van der Waals surface area (Å²) in [6.07, 6.45) is 1.27. The molecule has 0 unspecified atom stereocenters. The second-order valence-electron chi connectivity index (χ2n) is 5.47. The Bertz CT molecular complexity index is 882. The molecule has 0 fully saturated rings. The van der Waals surface area contributed by atoms with Crippen molar-refractivity contribution in [1.82, 2.24) is 10.7 Å². The van der Waals surface area contributed by atoms with E-state index in [4.69, 9.17) is 14.2 Å². The number of hydrazone groups is 1. The maximum Gasteiger partial charge on any atom is 0.259 e. The Morgan fingerprint density at radius 3 is 2.46 bits per heavy atom. The van der Waals surface area contributed by atoms with E-state index in [1.54, 1.807) is 24.3 Å². The highest BCUT2D eigenvalue weighted by Crippen LogP contribution is 2.27. The van der Waals surface area contributed by atoms with Crippen molar-refractivity contribution in [3.8, 4) is 23.0 Å². The molecule has 0 aliphatic carbocycles. The smallest absolute Gasteiger partial charge is 0.259 e. The van der Waals surface area contributed by atoms with Gasteiger partial charge in [-0.2, -0.15) is 5.10 Å². The Morgan fingerprint density at radius 2 is 1.79 bits per heavy atom. The molecule has 0 bridgehead atoms. The first-order valence-electron chi connectivity index (χ1n) is 8.17.